The Morgan fingerprint density at radius 2 is 1.82 bits per heavy atom. The SMILES string of the molecule is O=C(N[C@@H](Cc1cn(Cc2ccccc2)cn1)C(=O)O)C1CCN(c2cncc(-c3cccc(Cl)c3Cl)c2)CC1. The van der Waals surface area contributed by atoms with Gasteiger partial charge < -0.3 is 19.9 Å². The van der Waals surface area contributed by atoms with Gasteiger partial charge in [0.2, 0.25) is 5.91 Å². The molecule has 5 rings (SSSR count). The number of carbonyl (C=O) groups is 2. The maximum atomic E-state index is 13.0. The van der Waals surface area contributed by atoms with Crippen molar-refractivity contribution in [3.8, 4) is 11.1 Å². The van der Waals surface area contributed by atoms with Crippen molar-refractivity contribution < 1.29 is 14.7 Å². The molecule has 0 aliphatic carbocycles. The molecule has 1 fully saturated rings. The van der Waals surface area contributed by atoms with Crippen LogP contribution in [0.2, 0.25) is 10.0 Å². The lowest BCUT2D eigenvalue weighted by molar-refractivity contribution is -0.142. The van der Waals surface area contributed by atoms with Gasteiger partial charge in [-0.15, -0.1) is 0 Å². The summed E-state index contributed by atoms with van der Waals surface area (Å²) in [6, 6.07) is 16.4. The predicted octanol–water partition coefficient (Wildman–Crippen LogP) is 5.33. The zero-order chi connectivity index (χ0) is 28.1. The minimum Gasteiger partial charge on any atom is -0.480 e. The van der Waals surface area contributed by atoms with E-state index in [9.17, 15) is 14.7 Å². The summed E-state index contributed by atoms with van der Waals surface area (Å²) in [7, 11) is 0. The van der Waals surface area contributed by atoms with Gasteiger partial charge in [0, 0.05) is 55.5 Å². The van der Waals surface area contributed by atoms with Crippen LogP contribution in [0, 0.1) is 5.92 Å². The molecule has 2 aromatic heterocycles. The van der Waals surface area contributed by atoms with Gasteiger partial charge >= 0.3 is 5.97 Å². The molecule has 3 heterocycles. The third-order valence-corrected chi connectivity index (χ3v) is 7.96. The molecule has 2 aromatic carbocycles. The van der Waals surface area contributed by atoms with E-state index in [4.69, 9.17) is 23.2 Å². The first kappa shape index (κ1) is 27.7. The number of carbonyl (C=O) groups excluding carboxylic acids is 1. The smallest absolute Gasteiger partial charge is 0.326 e. The Labute approximate surface area is 242 Å². The van der Waals surface area contributed by atoms with E-state index >= 15 is 0 Å². The molecule has 1 aliphatic heterocycles. The van der Waals surface area contributed by atoms with Crippen molar-refractivity contribution in [2.75, 3.05) is 18.0 Å². The number of amides is 1. The minimum atomic E-state index is -1.08. The van der Waals surface area contributed by atoms with E-state index in [1.54, 1.807) is 24.8 Å². The Hall–Kier alpha value is -3.88. The maximum Gasteiger partial charge on any atom is 0.326 e. The number of halogens is 2. The third kappa shape index (κ3) is 6.63. The van der Waals surface area contributed by atoms with Gasteiger partial charge in [0.1, 0.15) is 6.04 Å². The topological polar surface area (TPSA) is 100 Å². The number of hydrogen-bond acceptors (Lipinski definition) is 5. The van der Waals surface area contributed by atoms with Crippen molar-refractivity contribution in [3.63, 3.8) is 0 Å². The molecule has 0 bridgehead atoms. The van der Waals surface area contributed by atoms with Crippen molar-refractivity contribution in [2.24, 2.45) is 5.92 Å². The highest BCUT2D eigenvalue weighted by molar-refractivity contribution is 6.43. The highest BCUT2D eigenvalue weighted by Crippen LogP contribution is 2.35. The zero-order valence-electron chi connectivity index (χ0n) is 21.7. The van der Waals surface area contributed by atoms with Crippen LogP contribution in [0.25, 0.3) is 11.1 Å². The number of hydrogen-bond donors (Lipinski definition) is 2. The lowest BCUT2D eigenvalue weighted by Crippen LogP contribution is -2.47. The molecule has 1 amide bonds. The Morgan fingerprint density at radius 3 is 2.58 bits per heavy atom. The molecule has 4 aromatic rings. The number of imidazole rings is 1. The lowest BCUT2D eigenvalue weighted by atomic mass is 9.94. The Morgan fingerprint density at radius 1 is 1.05 bits per heavy atom. The van der Waals surface area contributed by atoms with Crippen molar-refractivity contribution >= 4 is 40.8 Å². The van der Waals surface area contributed by atoms with Crippen LogP contribution in [-0.4, -0.2) is 50.6 Å². The first-order chi connectivity index (χ1) is 19.4. The summed E-state index contributed by atoms with van der Waals surface area (Å²) in [6.07, 6.45) is 8.37. The molecule has 0 saturated carbocycles. The van der Waals surface area contributed by atoms with Gasteiger partial charge in [0.05, 0.1) is 34.0 Å². The van der Waals surface area contributed by atoms with Gasteiger partial charge in [-0.1, -0.05) is 65.7 Å². The van der Waals surface area contributed by atoms with Gasteiger partial charge in [-0.05, 0) is 30.5 Å². The molecular weight excluding hydrogens is 549 g/mol. The number of aliphatic carboxylic acids is 1. The summed E-state index contributed by atoms with van der Waals surface area (Å²) < 4.78 is 1.91. The minimum absolute atomic E-state index is 0.117. The zero-order valence-corrected chi connectivity index (χ0v) is 23.2. The van der Waals surface area contributed by atoms with Crippen LogP contribution in [-0.2, 0) is 22.6 Å². The summed E-state index contributed by atoms with van der Waals surface area (Å²) in [6.45, 7) is 1.93. The van der Waals surface area contributed by atoms with Crippen molar-refractivity contribution in [3.05, 3.63) is 101 Å². The number of pyridine rings is 1. The number of rotatable bonds is 9. The quantitative estimate of drug-likeness (QED) is 0.279. The van der Waals surface area contributed by atoms with Crippen LogP contribution in [0.1, 0.15) is 24.1 Å². The van der Waals surface area contributed by atoms with Crippen molar-refractivity contribution in [1.82, 2.24) is 19.9 Å². The Bertz CT molecular complexity index is 1490. The largest absolute Gasteiger partial charge is 0.480 e. The maximum absolute atomic E-state index is 13.0. The molecule has 0 radical (unpaired) electrons. The molecule has 0 spiro atoms. The average molecular weight is 579 g/mol. The monoisotopic (exact) mass is 577 g/mol. The number of carboxylic acid groups (broad SMARTS) is 1. The third-order valence-electron chi connectivity index (χ3n) is 7.14. The van der Waals surface area contributed by atoms with E-state index in [0.717, 1.165) is 22.4 Å². The molecule has 206 valence electrons. The number of benzene rings is 2. The van der Waals surface area contributed by atoms with Crippen LogP contribution < -0.4 is 10.2 Å². The molecule has 1 saturated heterocycles. The standard InChI is InChI=1S/C30H29Cl2N5O3/c31-26-8-4-7-25(28(26)32)22-13-24(16-33-15-22)37-11-9-21(10-12-37)29(38)35-27(30(39)40)14-23-18-36(19-34-23)17-20-5-2-1-3-6-20/h1-8,13,15-16,18-19,21,27H,9-12,14,17H2,(H,35,38)(H,39,40)/t27-/m0/s1. The Kier molecular flexibility index (Phi) is 8.67. The highest BCUT2D eigenvalue weighted by Gasteiger charge is 2.29. The lowest BCUT2D eigenvalue weighted by Gasteiger charge is -2.33. The summed E-state index contributed by atoms with van der Waals surface area (Å²) >= 11 is 12.6. The van der Waals surface area contributed by atoms with E-state index in [2.05, 4.69) is 20.2 Å². The fraction of sp³-hybridized carbons (Fsp3) is 0.267. The molecule has 40 heavy (non-hydrogen) atoms. The predicted molar refractivity (Wildman–Crippen MR) is 156 cm³/mol. The molecule has 2 N–H and O–H groups in total. The van der Waals surface area contributed by atoms with Gasteiger partial charge in [-0.2, -0.15) is 0 Å². The van der Waals surface area contributed by atoms with E-state index in [1.807, 2.05) is 59.3 Å². The summed E-state index contributed by atoms with van der Waals surface area (Å²) in [5, 5.41) is 13.5. The molecule has 0 unspecified atom stereocenters. The van der Waals surface area contributed by atoms with Crippen molar-refractivity contribution in [1.29, 1.82) is 0 Å². The van der Waals surface area contributed by atoms with Crippen LogP contribution in [0.3, 0.4) is 0 Å². The number of nitrogens with one attached hydrogen (secondary N) is 1. The van der Waals surface area contributed by atoms with Gasteiger partial charge in [-0.3, -0.25) is 9.78 Å². The normalized spacial score (nSPS) is 14.6. The molecular formula is C30H29Cl2N5O3. The first-order valence-electron chi connectivity index (χ1n) is 13.1. The van der Waals surface area contributed by atoms with E-state index in [1.165, 1.54) is 0 Å². The summed E-state index contributed by atoms with van der Waals surface area (Å²) in [5.41, 5.74) is 4.34. The van der Waals surface area contributed by atoms with E-state index in [0.29, 0.717) is 48.2 Å². The molecule has 1 aliphatic rings. The summed E-state index contributed by atoms with van der Waals surface area (Å²) in [4.78, 5) is 35.9. The van der Waals surface area contributed by atoms with E-state index in [-0.39, 0.29) is 18.2 Å². The highest BCUT2D eigenvalue weighted by atomic mass is 35.5. The second-order valence-electron chi connectivity index (χ2n) is 9.92. The van der Waals surface area contributed by atoms with Crippen LogP contribution in [0.15, 0.2) is 79.5 Å². The number of carboxylic acids is 1. The Balaban J connectivity index is 1.17. The first-order valence-corrected chi connectivity index (χ1v) is 13.8. The van der Waals surface area contributed by atoms with Gasteiger partial charge in [-0.25, -0.2) is 9.78 Å². The summed E-state index contributed by atoms with van der Waals surface area (Å²) in [5.74, 6) is -1.59. The number of piperidine rings is 1. The molecule has 8 nitrogen and oxygen atoms in total. The second kappa shape index (κ2) is 12.5. The van der Waals surface area contributed by atoms with Crippen LogP contribution >= 0.6 is 23.2 Å². The number of nitrogens with zero attached hydrogens (tertiary/aromatic N) is 4. The molecule has 10 heteroatoms. The van der Waals surface area contributed by atoms with E-state index < -0.39 is 12.0 Å². The molecule has 1 atom stereocenters. The number of anilines is 1. The van der Waals surface area contributed by atoms with Crippen molar-refractivity contribution in [2.45, 2.75) is 31.8 Å². The number of aromatic nitrogens is 3. The van der Waals surface area contributed by atoms with Gasteiger partial charge in [0.15, 0.2) is 0 Å². The average Bonchev–Trinajstić information content (AvgIpc) is 3.41. The van der Waals surface area contributed by atoms with Crippen LogP contribution in [0.5, 0.6) is 0 Å². The second-order valence-corrected chi connectivity index (χ2v) is 10.7. The fourth-order valence-electron chi connectivity index (χ4n) is 4.97. The van der Waals surface area contributed by atoms with Crippen LogP contribution in [0.4, 0.5) is 5.69 Å². The van der Waals surface area contributed by atoms with Gasteiger partial charge in [0.25, 0.3) is 0 Å². The fourth-order valence-corrected chi connectivity index (χ4v) is 5.38.